The summed E-state index contributed by atoms with van der Waals surface area (Å²) in [5.41, 5.74) is 2.17. The van der Waals surface area contributed by atoms with Crippen molar-refractivity contribution >= 4 is 0 Å². The lowest BCUT2D eigenvalue weighted by atomic mass is 10.2. The highest BCUT2D eigenvalue weighted by atomic mass is 16.5. The van der Waals surface area contributed by atoms with Gasteiger partial charge in [-0.25, -0.2) is 4.98 Å². The maximum atomic E-state index is 8.83. The van der Waals surface area contributed by atoms with Crippen LogP contribution in [0.5, 0.6) is 0 Å². The maximum absolute atomic E-state index is 8.83. The lowest BCUT2D eigenvalue weighted by molar-refractivity contribution is 0.408. The lowest BCUT2D eigenvalue weighted by Crippen LogP contribution is -2.14. The van der Waals surface area contributed by atoms with Crippen LogP contribution in [0.1, 0.15) is 17.0 Å². The van der Waals surface area contributed by atoms with Gasteiger partial charge in [0.1, 0.15) is 18.0 Å². The maximum Gasteiger partial charge on any atom is 0.144 e. The second kappa shape index (κ2) is 5.05. The number of hydrogen-bond donors (Lipinski definition) is 1. The minimum atomic E-state index is 0.454. The molecule has 0 saturated heterocycles. The largest absolute Gasteiger partial charge is 0.364 e. The van der Waals surface area contributed by atoms with Crippen LogP contribution < -0.4 is 5.32 Å². The van der Waals surface area contributed by atoms with Crippen LogP contribution in [0.15, 0.2) is 35.2 Å². The van der Waals surface area contributed by atoms with Crippen molar-refractivity contribution in [2.75, 3.05) is 0 Å². The molecule has 2 aromatic rings. The number of nitriles is 1. The normalized spacial score (nSPS) is 9.94. The van der Waals surface area contributed by atoms with Gasteiger partial charge in [-0.3, -0.25) is 0 Å². The van der Waals surface area contributed by atoms with Gasteiger partial charge in [-0.15, -0.1) is 0 Å². The third kappa shape index (κ3) is 2.43. The molecule has 0 atom stereocenters. The van der Waals surface area contributed by atoms with E-state index >= 15 is 0 Å². The summed E-state index contributed by atoms with van der Waals surface area (Å²) in [6, 6.07) is 7.54. The average Bonchev–Trinajstić information content (AvgIpc) is 2.83. The van der Waals surface area contributed by atoms with E-state index in [9.17, 15) is 0 Å². The third-order valence-electron chi connectivity index (χ3n) is 2.11. The summed E-state index contributed by atoms with van der Waals surface area (Å²) in [6.45, 7) is 1.19. The predicted molar refractivity (Wildman–Crippen MR) is 56.0 cm³/mol. The fraction of sp³-hybridized carbons (Fsp3) is 0.182. The van der Waals surface area contributed by atoms with Crippen LogP contribution in [0.25, 0.3) is 0 Å². The quantitative estimate of drug-likeness (QED) is 0.828. The molecule has 2 aromatic heterocycles. The molecule has 0 radical (unpaired) electrons. The number of nitrogens with one attached hydrogen (secondary N) is 1. The van der Waals surface area contributed by atoms with Crippen LogP contribution in [0.2, 0.25) is 0 Å². The number of rotatable bonds is 4. The Morgan fingerprint density at radius 3 is 3.06 bits per heavy atom. The fourth-order valence-corrected chi connectivity index (χ4v) is 1.34. The van der Waals surface area contributed by atoms with E-state index < -0.39 is 0 Å². The predicted octanol–water partition coefficient (Wildman–Crippen LogP) is 1.23. The fourth-order valence-electron chi connectivity index (χ4n) is 1.34. The highest BCUT2D eigenvalue weighted by molar-refractivity contribution is 5.30. The number of nitrogens with zero attached hydrogens (tertiary/aromatic N) is 3. The van der Waals surface area contributed by atoms with E-state index in [1.807, 2.05) is 12.1 Å². The van der Waals surface area contributed by atoms with E-state index in [2.05, 4.69) is 21.5 Å². The molecule has 0 aliphatic rings. The monoisotopic (exact) mass is 214 g/mol. The molecule has 0 fully saturated rings. The Kier molecular flexibility index (Phi) is 3.26. The zero-order valence-corrected chi connectivity index (χ0v) is 8.55. The first-order valence-corrected chi connectivity index (χ1v) is 4.84. The van der Waals surface area contributed by atoms with Gasteiger partial charge in [0.25, 0.3) is 0 Å². The summed E-state index contributed by atoms with van der Waals surface area (Å²) >= 11 is 0. The van der Waals surface area contributed by atoms with Crippen molar-refractivity contribution in [1.82, 2.24) is 15.5 Å². The first kappa shape index (κ1) is 10.3. The molecule has 0 amide bonds. The first-order chi connectivity index (χ1) is 7.90. The van der Waals surface area contributed by atoms with E-state index in [0.29, 0.717) is 18.8 Å². The van der Waals surface area contributed by atoms with E-state index in [1.54, 1.807) is 12.3 Å². The lowest BCUT2D eigenvalue weighted by Gasteiger charge is -2.03. The molecule has 2 heterocycles. The van der Waals surface area contributed by atoms with Gasteiger partial charge in [0, 0.05) is 30.9 Å². The Bertz CT molecular complexity index is 487. The molecule has 5 heteroatoms. The molecule has 1 N–H and O–H groups in total. The molecule has 2 rings (SSSR count). The zero-order valence-electron chi connectivity index (χ0n) is 8.55. The summed E-state index contributed by atoms with van der Waals surface area (Å²) in [4.78, 5) is 3.98. The van der Waals surface area contributed by atoms with Crippen LogP contribution in [0.3, 0.4) is 0 Å². The Balaban J connectivity index is 1.93. The number of pyridine rings is 1. The topological polar surface area (TPSA) is 74.7 Å². The van der Waals surface area contributed by atoms with E-state index in [1.165, 1.54) is 6.26 Å². The zero-order chi connectivity index (χ0) is 11.2. The van der Waals surface area contributed by atoms with Crippen molar-refractivity contribution in [2.24, 2.45) is 0 Å². The molecule has 0 saturated carbocycles. The van der Waals surface area contributed by atoms with Gasteiger partial charge in [0.05, 0.1) is 5.69 Å². The van der Waals surface area contributed by atoms with Gasteiger partial charge >= 0.3 is 0 Å². The molecule has 5 nitrogen and oxygen atoms in total. The smallest absolute Gasteiger partial charge is 0.144 e. The van der Waals surface area contributed by atoms with Gasteiger partial charge in [-0.05, 0) is 6.07 Å². The van der Waals surface area contributed by atoms with Crippen molar-refractivity contribution in [1.29, 1.82) is 5.26 Å². The average molecular weight is 214 g/mol. The molecular formula is C11H10N4O. The second-order valence-corrected chi connectivity index (χ2v) is 3.22. The first-order valence-electron chi connectivity index (χ1n) is 4.84. The summed E-state index contributed by atoms with van der Waals surface area (Å²) < 4.78 is 4.71. The van der Waals surface area contributed by atoms with Crippen LogP contribution in [-0.2, 0) is 13.1 Å². The standard InChI is InChI=1S/C11H10N4O/c12-6-11-9(2-1-4-14-11)7-13-8-10-3-5-16-15-10/h1-5,13H,7-8H2. The Hall–Kier alpha value is -2.19. The molecule has 0 bridgehead atoms. The Morgan fingerprint density at radius 2 is 2.31 bits per heavy atom. The van der Waals surface area contributed by atoms with Gasteiger partial charge in [-0.1, -0.05) is 11.2 Å². The number of hydrogen-bond acceptors (Lipinski definition) is 5. The van der Waals surface area contributed by atoms with E-state index in [4.69, 9.17) is 9.78 Å². The van der Waals surface area contributed by atoms with Gasteiger partial charge in [0.2, 0.25) is 0 Å². The molecule has 0 unspecified atom stereocenters. The summed E-state index contributed by atoms with van der Waals surface area (Å²) in [5, 5.41) is 15.8. The van der Waals surface area contributed by atoms with Crippen molar-refractivity contribution < 1.29 is 4.52 Å². The van der Waals surface area contributed by atoms with Gasteiger partial charge in [-0.2, -0.15) is 5.26 Å². The Morgan fingerprint density at radius 1 is 1.38 bits per heavy atom. The van der Waals surface area contributed by atoms with Crippen LogP contribution in [0.4, 0.5) is 0 Å². The SMILES string of the molecule is N#Cc1ncccc1CNCc1ccon1. The van der Waals surface area contributed by atoms with Crippen molar-refractivity contribution in [2.45, 2.75) is 13.1 Å². The molecule has 0 aliphatic carbocycles. The summed E-state index contributed by atoms with van der Waals surface area (Å²) in [6.07, 6.45) is 3.14. The second-order valence-electron chi connectivity index (χ2n) is 3.22. The van der Waals surface area contributed by atoms with Gasteiger partial charge in [0.15, 0.2) is 0 Å². The third-order valence-corrected chi connectivity index (χ3v) is 2.11. The van der Waals surface area contributed by atoms with E-state index in [0.717, 1.165) is 11.3 Å². The molecule has 16 heavy (non-hydrogen) atoms. The summed E-state index contributed by atoms with van der Waals surface area (Å²) in [7, 11) is 0. The molecular weight excluding hydrogens is 204 g/mol. The molecule has 0 aliphatic heterocycles. The van der Waals surface area contributed by atoms with Gasteiger partial charge < -0.3 is 9.84 Å². The Labute approximate surface area is 92.7 Å². The highest BCUT2D eigenvalue weighted by Gasteiger charge is 2.02. The van der Waals surface area contributed by atoms with E-state index in [-0.39, 0.29) is 0 Å². The van der Waals surface area contributed by atoms with Crippen molar-refractivity contribution in [3.05, 3.63) is 47.6 Å². The van der Waals surface area contributed by atoms with Crippen LogP contribution >= 0.6 is 0 Å². The molecule has 0 aromatic carbocycles. The molecule has 80 valence electrons. The highest BCUT2D eigenvalue weighted by Crippen LogP contribution is 2.03. The minimum Gasteiger partial charge on any atom is -0.364 e. The summed E-state index contributed by atoms with van der Waals surface area (Å²) in [5.74, 6) is 0. The van der Waals surface area contributed by atoms with Crippen molar-refractivity contribution in [3.8, 4) is 6.07 Å². The number of aromatic nitrogens is 2. The van der Waals surface area contributed by atoms with Crippen LogP contribution in [-0.4, -0.2) is 10.1 Å². The molecule has 0 spiro atoms. The minimum absolute atomic E-state index is 0.454. The van der Waals surface area contributed by atoms with Crippen LogP contribution in [0, 0.1) is 11.3 Å². The van der Waals surface area contributed by atoms with Crippen molar-refractivity contribution in [3.63, 3.8) is 0 Å².